The first-order valence-corrected chi connectivity index (χ1v) is 2.09. The van der Waals surface area contributed by atoms with Crippen LogP contribution in [0, 0.1) is 41.3 Å². The molecule has 0 aliphatic carbocycles. The van der Waals surface area contributed by atoms with Crippen LogP contribution >= 0.6 is 0 Å². The van der Waals surface area contributed by atoms with E-state index >= 15 is 0 Å². The van der Waals surface area contributed by atoms with Gasteiger partial charge in [-0.3, -0.25) is 0 Å². The van der Waals surface area contributed by atoms with Crippen LogP contribution in [-0.2, 0) is 0 Å². The van der Waals surface area contributed by atoms with Gasteiger partial charge >= 0.3 is 41.3 Å². The summed E-state index contributed by atoms with van der Waals surface area (Å²) in [5.41, 5.74) is 11.8. The molecule has 0 spiro atoms. The van der Waals surface area contributed by atoms with Gasteiger partial charge in [0.05, 0.1) is 0 Å². The Labute approximate surface area is 106 Å². The molecule has 0 aromatic rings. The van der Waals surface area contributed by atoms with Gasteiger partial charge in [0, 0.05) is 0 Å². The van der Waals surface area contributed by atoms with Crippen LogP contribution in [0.3, 0.4) is 0 Å². The van der Waals surface area contributed by atoms with Crippen molar-refractivity contribution >= 4 is 18.3 Å². The SMILES string of the molecule is NC(=O)[O-].NC(=O)[O-].NC(=O)[O-].[Pr+3]. The van der Waals surface area contributed by atoms with Crippen molar-refractivity contribution in [2.45, 2.75) is 0 Å². The van der Waals surface area contributed by atoms with E-state index < -0.39 is 18.3 Å². The summed E-state index contributed by atoms with van der Waals surface area (Å²) >= 11 is 0. The number of amides is 3. The summed E-state index contributed by atoms with van der Waals surface area (Å²) in [7, 11) is 0. The van der Waals surface area contributed by atoms with E-state index in [0.29, 0.717) is 0 Å². The van der Waals surface area contributed by atoms with Gasteiger partial charge < -0.3 is 46.9 Å². The number of nitrogens with two attached hydrogens (primary N) is 3. The van der Waals surface area contributed by atoms with Crippen LogP contribution in [0.2, 0.25) is 0 Å². The number of carbonyl (C=O) groups excluding carboxylic acids is 3. The van der Waals surface area contributed by atoms with E-state index in [9.17, 15) is 0 Å². The van der Waals surface area contributed by atoms with Gasteiger partial charge in [-0.05, 0) is 0 Å². The molecular formula is C3H6N3O6Pr. The molecule has 0 aliphatic heterocycles. The molecule has 0 rings (SSSR count). The maximum absolute atomic E-state index is 8.67. The molecule has 3 amide bonds. The van der Waals surface area contributed by atoms with Crippen LogP contribution in [0.1, 0.15) is 0 Å². The zero-order valence-electron chi connectivity index (χ0n) is 6.26. The largest absolute Gasteiger partial charge is 3.00 e. The number of primary amides is 3. The van der Waals surface area contributed by atoms with Gasteiger partial charge in [-0.15, -0.1) is 0 Å². The van der Waals surface area contributed by atoms with Crippen molar-refractivity contribution in [3.05, 3.63) is 0 Å². The van der Waals surface area contributed by atoms with E-state index in [1.54, 1.807) is 0 Å². The van der Waals surface area contributed by atoms with Gasteiger partial charge in [0.2, 0.25) is 0 Å². The minimum Gasteiger partial charge on any atom is -0.530 e. The third-order valence-corrected chi connectivity index (χ3v) is 0. The first-order chi connectivity index (χ1) is 5.20. The first kappa shape index (κ1) is 22.7. The van der Waals surface area contributed by atoms with E-state index in [2.05, 4.69) is 17.2 Å². The fourth-order valence-electron chi connectivity index (χ4n) is 0. The van der Waals surface area contributed by atoms with Crippen LogP contribution in [-0.4, -0.2) is 18.3 Å². The number of hydrogen-bond acceptors (Lipinski definition) is 6. The molecule has 0 radical (unpaired) electrons. The van der Waals surface area contributed by atoms with Gasteiger partial charge in [0.15, 0.2) is 0 Å². The van der Waals surface area contributed by atoms with E-state index in [1.807, 2.05) is 0 Å². The van der Waals surface area contributed by atoms with Crippen LogP contribution in [0.15, 0.2) is 0 Å². The smallest absolute Gasteiger partial charge is 0.530 e. The topological polar surface area (TPSA) is 198 Å². The molecule has 9 nitrogen and oxygen atoms in total. The van der Waals surface area contributed by atoms with Gasteiger partial charge in [-0.2, -0.15) is 0 Å². The van der Waals surface area contributed by atoms with Gasteiger partial charge in [-0.1, -0.05) is 0 Å². The van der Waals surface area contributed by atoms with Crippen molar-refractivity contribution in [1.82, 2.24) is 0 Å². The monoisotopic (exact) mass is 321 g/mol. The van der Waals surface area contributed by atoms with Crippen molar-refractivity contribution in [3.63, 3.8) is 0 Å². The van der Waals surface area contributed by atoms with Crippen molar-refractivity contribution in [1.29, 1.82) is 0 Å². The van der Waals surface area contributed by atoms with Crippen molar-refractivity contribution in [2.75, 3.05) is 0 Å². The second-order valence-electron chi connectivity index (χ2n) is 0.957. The average molecular weight is 321 g/mol. The van der Waals surface area contributed by atoms with E-state index in [4.69, 9.17) is 29.7 Å². The summed E-state index contributed by atoms with van der Waals surface area (Å²) in [6.45, 7) is 0. The minimum absolute atomic E-state index is 0. The Morgan fingerprint density at radius 1 is 0.692 bits per heavy atom. The second-order valence-corrected chi connectivity index (χ2v) is 0.957. The molecule has 10 heteroatoms. The molecule has 0 atom stereocenters. The summed E-state index contributed by atoms with van der Waals surface area (Å²) in [6, 6.07) is 0. The summed E-state index contributed by atoms with van der Waals surface area (Å²) in [5.74, 6) is 0. The summed E-state index contributed by atoms with van der Waals surface area (Å²) in [5, 5.41) is 26.0. The molecule has 0 aromatic carbocycles. The van der Waals surface area contributed by atoms with Crippen LogP contribution in [0.25, 0.3) is 0 Å². The Balaban J connectivity index is -0.0000000450. The molecule has 0 fully saturated rings. The minimum atomic E-state index is -1.58. The number of carboxylic acid groups (broad SMARTS) is 3. The third kappa shape index (κ3) is 1380. The molecule has 13 heavy (non-hydrogen) atoms. The Morgan fingerprint density at radius 2 is 0.692 bits per heavy atom. The summed E-state index contributed by atoms with van der Waals surface area (Å²) in [6.07, 6.45) is -4.75. The number of carbonyl (C=O) groups is 3. The second kappa shape index (κ2) is 17.3. The van der Waals surface area contributed by atoms with Crippen molar-refractivity contribution in [3.8, 4) is 0 Å². The maximum Gasteiger partial charge on any atom is 3.00 e. The number of rotatable bonds is 0. The Kier molecular flexibility index (Phi) is 30.3. The summed E-state index contributed by atoms with van der Waals surface area (Å²) < 4.78 is 0. The van der Waals surface area contributed by atoms with Gasteiger partial charge in [-0.25, -0.2) is 0 Å². The zero-order valence-corrected chi connectivity index (χ0v) is 9.96. The Bertz CT molecular complexity index is 121. The average Bonchev–Trinajstić information content (AvgIpc) is 1.54. The normalized spacial score (nSPS) is 5.54. The zero-order chi connectivity index (χ0) is 10.7. The third-order valence-electron chi connectivity index (χ3n) is 0. The van der Waals surface area contributed by atoms with E-state index in [1.165, 1.54) is 0 Å². The molecule has 0 saturated heterocycles. The quantitative estimate of drug-likeness (QED) is 0.398. The summed E-state index contributed by atoms with van der Waals surface area (Å²) in [4.78, 5) is 26.0. The molecule has 0 unspecified atom stereocenters. The molecule has 0 bridgehead atoms. The Hall–Kier alpha value is -0.826. The van der Waals surface area contributed by atoms with E-state index in [0.717, 1.165) is 0 Å². The fourth-order valence-corrected chi connectivity index (χ4v) is 0. The Morgan fingerprint density at radius 3 is 0.692 bits per heavy atom. The van der Waals surface area contributed by atoms with E-state index in [-0.39, 0.29) is 41.3 Å². The molecule has 0 aromatic heterocycles. The molecule has 0 saturated carbocycles. The predicted octanol–water partition coefficient (Wildman–Crippen LogP) is -5.13. The predicted molar refractivity (Wildman–Crippen MR) is 28.8 cm³/mol. The maximum atomic E-state index is 8.67. The van der Waals surface area contributed by atoms with Crippen molar-refractivity contribution < 1.29 is 71.0 Å². The van der Waals surface area contributed by atoms with Crippen LogP contribution in [0.4, 0.5) is 14.4 Å². The number of hydrogen-bond donors (Lipinski definition) is 3. The molecule has 0 aliphatic rings. The van der Waals surface area contributed by atoms with Crippen LogP contribution < -0.4 is 32.5 Å². The molecule has 0 heterocycles. The molecule has 6 N–H and O–H groups in total. The van der Waals surface area contributed by atoms with Crippen molar-refractivity contribution in [2.24, 2.45) is 17.2 Å². The van der Waals surface area contributed by atoms with Gasteiger partial charge in [0.1, 0.15) is 18.3 Å². The van der Waals surface area contributed by atoms with Crippen LogP contribution in [0.5, 0.6) is 0 Å². The standard InChI is InChI=1S/3CH3NO2.Pr/c3*2-1(3)4;/h3*2H2,(H,3,4);/q;;;+3/p-3. The van der Waals surface area contributed by atoms with Gasteiger partial charge in [0.25, 0.3) is 0 Å². The molecule has 72 valence electrons. The fraction of sp³-hybridized carbons (Fsp3) is 0. The molecular weight excluding hydrogens is 315 g/mol. The first-order valence-electron chi connectivity index (χ1n) is 2.09.